The molecule has 1 fully saturated rings. The molecule has 0 bridgehead atoms. The van der Waals surface area contributed by atoms with Gasteiger partial charge >= 0.3 is 0 Å². The SMILES string of the molecule is CN1CCSCC1c1noc(CNc2cccc(Cl)c2)n1. The van der Waals surface area contributed by atoms with Crippen LogP contribution in [0.3, 0.4) is 0 Å². The zero-order chi connectivity index (χ0) is 14.7. The van der Waals surface area contributed by atoms with E-state index < -0.39 is 0 Å². The predicted molar refractivity (Wildman–Crippen MR) is 85.8 cm³/mol. The quantitative estimate of drug-likeness (QED) is 0.933. The highest BCUT2D eigenvalue weighted by atomic mass is 35.5. The Bertz CT molecular complexity index is 606. The van der Waals surface area contributed by atoms with Gasteiger partial charge in [-0.05, 0) is 25.2 Å². The minimum absolute atomic E-state index is 0.243. The van der Waals surface area contributed by atoms with Crippen molar-refractivity contribution in [1.82, 2.24) is 15.0 Å². The average molecular weight is 325 g/mol. The van der Waals surface area contributed by atoms with Crippen LogP contribution in [0.15, 0.2) is 28.8 Å². The number of hydrogen-bond acceptors (Lipinski definition) is 6. The van der Waals surface area contributed by atoms with E-state index >= 15 is 0 Å². The Morgan fingerprint density at radius 1 is 1.52 bits per heavy atom. The van der Waals surface area contributed by atoms with E-state index in [9.17, 15) is 0 Å². The van der Waals surface area contributed by atoms with Crippen LogP contribution in [0.5, 0.6) is 0 Å². The largest absolute Gasteiger partial charge is 0.376 e. The van der Waals surface area contributed by atoms with Crippen molar-refractivity contribution in [3.63, 3.8) is 0 Å². The topological polar surface area (TPSA) is 54.2 Å². The van der Waals surface area contributed by atoms with Gasteiger partial charge in [-0.2, -0.15) is 16.7 Å². The Balaban J connectivity index is 1.62. The summed E-state index contributed by atoms with van der Waals surface area (Å²) in [6.07, 6.45) is 0. The second kappa shape index (κ2) is 6.68. The van der Waals surface area contributed by atoms with Crippen molar-refractivity contribution in [3.05, 3.63) is 41.0 Å². The van der Waals surface area contributed by atoms with Gasteiger partial charge < -0.3 is 9.84 Å². The first kappa shape index (κ1) is 14.7. The number of aromatic nitrogens is 2. The minimum atomic E-state index is 0.243. The molecule has 0 aliphatic carbocycles. The fourth-order valence-electron chi connectivity index (χ4n) is 2.21. The van der Waals surface area contributed by atoms with Gasteiger partial charge in [-0.3, -0.25) is 4.90 Å². The summed E-state index contributed by atoms with van der Waals surface area (Å²) in [5, 5.41) is 8.04. The van der Waals surface area contributed by atoms with E-state index in [2.05, 4.69) is 27.4 Å². The lowest BCUT2D eigenvalue weighted by Crippen LogP contribution is -2.33. The molecule has 1 aliphatic rings. The van der Waals surface area contributed by atoms with Crippen LogP contribution in [0, 0.1) is 0 Å². The lowest BCUT2D eigenvalue weighted by atomic mass is 10.3. The van der Waals surface area contributed by atoms with Gasteiger partial charge in [0.05, 0.1) is 12.6 Å². The summed E-state index contributed by atoms with van der Waals surface area (Å²) < 4.78 is 5.33. The fourth-order valence-corrected chi connectivity index (χ4v) is 3.61. The van der Waals surface area contributed by atoms with E-state index in [1.807, 2.05) is 36.0 Å². The molecule has 1 N–H and O–H groups in total. The van der Waals surface area contributed by atoms with E-state index in [1.165, 1.54) is 0 Å². The number of benzene rings is 1. The van der Waals surface area contributed by atoms with Crippen molar-refractivity contribution in [1.29, 1.82) is 0 Å². The molecule has 3 rings (SSSR count). The summed E-state index contributed by atoms with van der Waals surface area (Å²) in [6, 6.07) is 7.80. The first-order valence-electron chi connectivity index (χ1n) is 6.82. The van der Waals surface area contributed by atoms with Crippen LogP contribution in [0.2, 0.25) is 5.02 Å². The molecule has 7 heteroatoms. The van der Waals surface area contributed by atoms with Crippen molar-refractivity contribution in [3.8, 4) is 0 Å². The molecule has 2 heterocycles. The van der Waals surface area contributed by atoms with Crippen molar-refractivity contribution in [2.45, 2.75) is 12.6 Å². The number of anilines is 1. The third kappa shape index (κ3) is 3.70. The Kier molecular flexibility index (Phi) is 4.67. The highest BCUT2D eigenvalue weighted by Gasteiger charge is 2.25. The highest BCUT2D eigenvalue weighted by molar-refractivity contribution is 7.99. The molecule has 1 atom stereocenters. The van der Waals surface area contributed by atoms with Gasteiger partial charge in [-0.15, -0.1) is 0 Å². The molecule has 0 amide bonds. The van der Waals surface area contributed by atoms with Crippen molar-refractivity contribution in [2.24, 2.45) is 0 Å². The van der Waals surface area contributed by atoms with Gasteiger partial charge in [-0.1, -0.05) is 22.8 Å². The maximum Gasteiger partial charge on any atom is 0.245 e. The average Bonchev–Trinajstić information content (AvgIpc) is 2.94. The summed E-state index contributed by atoms with van der Waals surface area (Å²) in [7, 11) is 2.10. The molecule has 1 unspecified atom stereocenters. The molecule has 1 aliphatic heterocycles. The van der Waals surface area contributed by atoms with E-state index in [0.717, 1.165) is 29.6 Å². The molecule has 2 aromatic rings. The van der Waals surface area contributed by atoms with Crippen LogP contribution in [0.4, 0.5) is 5.69 Å². The van der Waals surface area contributed by atoms with Gasteiger partial charge in [0.1, 0.15) is 0 Å². The van der Waals surface area contributed by atoms with Crippen molar-refractivity contribution >= 4 is 29.1 Å². The number of nitrogens with one attached hydrogen (secondary N) is 1. The van der Waals surface area contributed by atoms with Crippen LogP contribution in [-0.2, 0) is 6.54 Å². The second-order valence-electron chi connectivity index (χ2n) is 4.98. The Hall–Kier alpha value is -1.24. The summed E-state index contributed by atoms with van der Waals surface area (Å²) in [5.74, 6) is 3.53. The maximum absolute atomic E-state index is 5.95. The van der Waals surface area contributed by atoms with Crippen LogP contribution in [0.1, 0.15) is 17.8 Å². The third-order valence-electron chi connectivity index (χ3n) is 3.45. The normalized spacial score (nSPS) is 19.6. The van der Waals surface area contributed by atoms with Crippen molar-refractivity contribution in [2.75, 3.05) is 30.4 Å². The molecular formula is C14H17ClN4OS. The van der Waals surface area contributed by atoms with Crippen LogP contribution in [0.25, 0.3) is 0 Å². The van der Waals surface area contributed by atoms with E-state index in [4.69, 9.17) is 16.1 Å². The molecule has 1 saturated heterocycles. The van der Waals surface area contributed by atoms with E-state index in [-0.39, 0.29) is 6.04 Å². The Labute approximate surface area is 133 Å². The number of hydrogen-bond donors (Lipinski definition) is 1. The molecule has 0 radical (unpaired) electrons. The van der Waals surface area contributed by atoms with E-state index in [0.29, 0.717) is 17.5 Å². The zero-order valence-electron chi connectivity index (χ0n) is 11.8. The Morgan fingerprint density at radius 3 is 3.24 bits per heavy atom. The lowest BCUT2D eigenvalue weighted by molar-refractivity contribution is 0.256. The third-order valence-corrected chi connectivity index (χ3v) is 4.70. The molecule has 112 valence electrons. The second-order valence-corrected chi connectivity index (χ2v) is 6.57. The molecule has 1 aromatic carbocycles. The van der Waals surface area contributed by atoms with Crippen molar-refractivity contribution < 1.29 is 4.52 Å². The smallest absolute Gasteiger partial charge is 0.245 e. The molecular weight excluding hydrogens is 308 g/mol. The number of rotatable bonds is 4. The summed E-state index contributed by atoms with van der Waals surface area (Å²) in [4.78, 5) is 6.77. The highest BCUT2D eigenvalue weighted by Crippen LogP contribution is 2.26. The van der Waals surface area contributed by atoms with Gasteiger partial charge in [0, 0.05) is 28.8 Å². The monoisotopic (exact) mass is 324 g/mol. The first-order chi connectivity index (χ1) is 10.2. The zero-order valence-corrected chi connectivity index (χ0v) is 13.3. The van der Waals surface area contributed by atoms with Gasteiger partial charge in [-0.25, -0.2) is 0 Å². The molecule has 0 saturated carbocycles. The van der Waals surface area contributed by atoms with E-state index in [1.54, 1.807) is 0 Å². The minimum Gasteiger partial charge on any atom is -0.376 e. The maximum atomic E-state index is 5.95. The summed E-state index contributed by atoms with van der Waals surface area (Å²) in [6.45, 7) is 1.55. The van der Waals surface area contributed by atoms with Crippen LogP contribution < -0.4 is 5.32 Å². The molecule has 21 heavy (non-hydrogen) atoms. The summed E-state index contributed by atoms with van der Waals surface area (Å²) >= 11 is 7.88. The van der Waals surface area contributed by atoms with Gasteiger partial charge in [0.15, 0.2) is 5.82 Å². The standard InChI is InChI=1S/C14H17ClN4OS/c1-19-5-6-21-9-12(19)14-17-13(20-18-14)8-16-11-4-2-3-10(15)7-11/h2-4,7,12,16H,5-6,8-9H2,1H3. The molecule has 5 nitrogen and oxygen atoms in total. The van der Waals surface area contributed by atoms with Crippen LogP contribution >= 0.6 is 23.4 Å². The Morgan fingerprint density at radius 2 is 2.43 bits per heavy atom. The molecule has 0 spiro atoms. The predicted octanol–water partition coefficient (Wildman–Crippen LogP) is 3.05. The van der Waals surface area contributed by atoms with Crippen LogP contribution in [-0.4, -0.2) is 40.1 Å². The number of nitrogens with zero attached hydrogens (tertiary/aromatic N) is 3. The fraction of sp³-hybridized carbons (Fsp3) is 0.429. The van der Waals surface area contributed by atoms with Gasteiger partial charge in [0.2, 0.25) is 5.89 Å². The summed E-state index contributed by atoms with van der Waals surface area (Å²) in [5.41, 5.74) is 0.938. The number of thioether (sulfide) groups is 1. The lowest BCUT2D eigenvalue weighted by Gasteiger charge is -2.29. The number of halogens is 1. The van der Waals surface area contributed by atoms with Gasteiger partial charge in [0.25, 0.3) is 0 Å². The first-order valence-corrected chi connectivity index (χ1v) is 8.35. The molecule has 1 aromatic heterocycles.